The van der Waals surface area contributed by atoms with E-state index in [9.17, 15) is 13.2 Å². The van der Waals surface area contributed by atoms with Crippen molar-refractivity contribution in [2.75, 3.05) is 13.7 Å². The van der Waals surface area contributed by atoms with Gasteiger partial charge in [0.05, 0.1) is 17.6 Å². The number of nitrogens with one attached hydrogen (secondary N) is 2. The Morgan fingerprint density at radius 3 is 2.52 bits per heavy atom. The van der Waals surface area contributed by atoms with Crippen LogP contribution < -0.4 is 14.8 Å². The van der Waals surface area contributed by atoms with Crippen molar-refractivity contribution < 1.29 is 17.9 Å². The van der Waals surface area contributed by atoms with Crippen molar-refractivity contribution in [3.8, 4) is 5.75 Å². The molecular formula is C16H26N2O4S. The molecule has 0 heterocycles. The average Bonchev–Trinajstić information content (AvgIpc) is 2.50. The topological polar surface area (TPSA) is 84.5 Å². The maximum atomic E-state index is 12.3. The molecule has 2 N–H and O–H groups in total. The summed E-state index contributed by atoms with van der Waals surface area (Å²) in [6.45, 7) is 6.10. The van der Waals surface area contributed by atoms with E-state index < -0.39 is 10.0 Å². The Labute approximate surface area is 138 Å². The number of carbonyl (C=O) groups is 1. The lowest BCUT2D eigenvalue weighted by atomic mass is 10.2. The van der Waals surface area contributed by atoms with Gasteiger partial charge in [-0.2, -0.15) is 0 Å². The molecule has 1 aromatic carbocycles. The van der Waals surface area contributed by atoms with Gasteiger partial charge in [-0.25, -0.2) is 13.1 Å². The van der Waals surface area contributed by atoms with Gasteiger partial charge < -0.3 is 10.1 Å². The van der Waals surface area contributed by atoms with Crippen LogP contribution in [0.3, 0.4) is 0 Å². The number of amides is 1. The molecule has 1 amide bonds. The lowest BCUT2D eigenvalue weighted by Gasteiger charge is -2.13. The van der Waals surface area contributed by atoms with Crippen LogP contribution in [0.1, 0.15) is 50.4 Å². The van der Waals surface area contributed by atoms with E-state index >= 15 is 0 Å². The molecule has 0 fully saturated rings. The number of ether oxygens (including phenoxy) is 1. The maximum Gasteiger partial charge on any atom is 0.255 e. The highest BCUT2D eigenvalue weighted by atomic mass is 32.2. The van der Waals surface area contributed by atoms with Crippen molar-refractivity contribution in [1.82, 2.24) is 10.0 Å². The van der Waals surface area contributed by atoms with Gasteiger partial charge in [-0.3, -0.25) is 4.79 Å². The van der Waals surface area contributed by atoms with Crippen LogP contribution in [0.25, 0.3) is 0 Å². The van der Waals surface area contributed by atoms with Gasteiger partial charge in [-0.15, -0.1) is 0 Å². The third-order valence-corrected chi connectivity index (χ3v) is 4.68. The first-order valence-electron chi connectivity index (χ1n) is 7.80. The summed E-state index contributed by atoms with van der Waals surface area (Å²) in [6, 6.07) is 4.22. The third-order valence-electron chi connectivity index (χ3n) is 3.22. The summed E-state index contributed by atoms with van der Waals surface area (Å²) >= 11 is 0. The monoisotopic (exact) mass is 342 g/mol. The van der Waals surface area contributed by atoms with Crippen molar-refractivity contribution in [2.24, 2.45) is 0 Å². The van der Waals surface area contributed by atoms with Crippen LogP contribution in [0.2, 0.25) is 0 Å². The number of sulfonamides is 1. The molecule has 7 heteroatoms. The SMILES string of the molecule is CCCCCNS(=O)(=O)c1ccc(OC)c(C(=O)NC(C)C)c1. The third kappa shape index (κ3) is 5.84. The van der Waals surface area contributed by atoms with E-state index in [1.165, 1.54) is 25.3 Å². The van der Waals surface area contributed by atoms with Crippen molar-refractivity contribution in [2.45, 2.75) is 51.0 Å². The Morgan fingerprint density at radius 1 is 1.26 bits per heavy atom. The van der Waals surface area contributed by atoms with Crippen LogP contribution in [0, 0.1) is 0 Å². The van der Waals surface area contributed by atoms with Crippen LogP contribution in [0.5, 0.6) is 5.75 Å². The predicted octanol–water partition coefficient (Wildman–Crippen LogP) is 2.30. The van der Waals surface area contributed by atoms with Crippen molar-refractivity contribution >= 4 is 15.9 Å². The first-order valence-corrected chi connectivity index (χ1v) is 9.28. The summed E-state index contributed by atoms with van der Waals surface area (Å²) in [5.41, 5.74) is 0.206. The van der Waals surface area contributed by atoms with Crippen LogP contribution in [0.15, 0.2) is 23.1 Å². The van der Waals surface area contributed by atoms with E-state index in [-0.39, 0.29) is 22.4 Å². The van der Waals surface area contributed by atoms with E-state index in [2.05, 4.69) is 17.0 Å². The highest BCUT2D eigenvalue weighted by molar-refractivity contribution is 7.89. The number of hydrogen-bond donors (Lipinski definition) is 2. The highest BCUT2D eigenvalue weighted by Crippen LogP contribution is 2.22. The molecule has 0 saturated carbocycles. The standard InChI is InChI=1S/C16H26N2O4S/c1-5-6-7-10-17-23(20,21)13-8-9-15(22-4)14(11-13)16(19)18-12(2)3/h8-9,11-12,17H,5-7,10H2,1-4H3,(H,18,19). The smallest absolute Gasteiger partial charge is 0.255 e. The minimum atomic E-state index is -3.64. The van der Waals surface area contributed by atoms with Gasteiger partial charge in [0.1, 0.15) is 5.75 Å². The molecule has 0 aliphatic heterocycles. The average molecular weight is 342 g/mol. The molecule has 23 heavy (non-hydrogen) atoms. The van der Waals surface area contributed by atoms with E-state index in [0.29, 0.717) is 12.3 Å². The van der Waals surface area contributed by atoms with Crippen molar-refractivity contribution in [3.05, 3.63) is 23.8 Å². The van der Waals surface area contributed by atoms with Crippen LogP contribution in [-0.4, -0.2) is 34.0 Å². The number of rotatable bonds is 9. The Morgan fingerprint density at radius 2 is 1.96 bits per heavy atom. The summed E-state index contributed by atoms with van der Waals surface area (Å²) < 4.78 is 32.3. The second kappa shape index (κ2) is 8.88. The normalized spacial score (nSPS) is 11.5. The van der Waals surface area contributed by atoms with Crippen LogP contribution in [-0.2, 0) is 10.0 Å². The highest BCUT2D eigenvalue weighted by Gasteiger charge is 2.19. The van der Waals surface area contributed by atoms with Crippen molar-refractivity contribution in [1.29, 1.82) is 0 Å². The maximum absolute atomic E-state index is 12.3. The molecule has 0 atom stereocenters. The van der Waals surface area contributed by atoms with E-state index in [1.807, 2.05) is 13.8 Å². The van der Waals surface area contributed by atoms with Crippen molar-refractivity contribution in [3.63, 3.8) is 0 Å². The molecule has 0 unspecified atom stereocenters. The van der Waals surface area contributed by atoms with Gasteiger partial charge in [0.15, 0.2) is 0 Å². The first-order chi connectivity index (χ1) is 10.8. The summed E-state index contributed by atoms with van der Waals surface area (Å²) in [6.07, 6.45) is 2.77. The molecule has 0 saturated heterocycles. The predicted molar refractivity (Wildman–Crippen MR) is 90.3 cm³/mol. The minimum absolute atomic E-state index is 0.0559. The lowest BCUT2D eigenvalue weighted by molar-refractivity contribution is 0.0940. The molecular weight excluding hydrogens is 316 g/mol. The number of methoxy groups -OCH3 is 1. The van der Waals surface area contributed by atoms with Gasteiger partial charge in [0.2, 0.25) is 10.0 Å². The van der Waals surface area contributed by atoms with Gasteiger partial charge in [0, 0.05) is 12.6 Å². The summed E-state index contributed by atoms with van der Waals surface area (Å²) in [4.78, 5) is 12.3. The van der Waals surface area contributed by atoms with Crippen LogP contribution >= 0.6 is 0 Å². The van der Waals surface area contributed by atoms with Gasteiger partial charge in [-0.1, -0.05) is 19.8 Å². The summed E-state index contributed by atoms with van der Waals surface area (Å²) in [7, 11) is -2.19. The molecule has 0 spiro atoms. The molecule has 0 radical (unpaired) electrons. The number of carbonyl (C=O) groups excluding carboxylic acids is 1. The van der Waals surface area contributed by atoms with E-state index in [0.717, 1.165) is 19.3 Å². The fourth-order valence-electron chi connectivity index (χ4n) is 2.04. The zero-order valence-electron chi connectivity index (χ0n) is 14.2. The zero-order chi connectivity index (χ0) is 17.5. The number of benzene rings is 1. The Balaban J connectivity index is 3.02. The Hall–Kier alpha value is -1.60. The quantitative estimate of drug-likeness (QED) is 0.675. The minimum Gasteiger partial charge on any atom is -0.496 e. The number of hydrogen-bond acceptors (Lipinski definition) is 4. The fraction of sp³-hybridized carbons (Fsp3) is 0.562. The number of unbranched alkanes of at least 4 members (excludes halogenated alkanes) is 2. The molecule has 0 aliphatic carbocycles. The molecule has 0 bridgehead atoms. The Kier molecular flexibility index (Phi) is 7.51. The summed E-state index contributed by atoms with van der Waals surface area (Å²) in [5.74, 6) is -0.0204. The van der Waals surface area contributed by atoms with Gasteiger partial charge in [0.25, 0.3) is 5.91 Å². The van der Waals surface area contributed by atoms with Gasteiger partial charge >= 0.3 is 0 Å². The second-order valence-corrected chi connectivity index (χ2v) is 7.36. The lowest BCUT2D eigenvalue weighted by Crippen LogP contribution is -2.31. The van der Waals surface area contributed by atoms with E-state index in [1.54, 1.807) is 0 Å². The largest absolute Gasteiger partial charge is 0.496 e. The molecule has 1 rings (SSSR count). The molecule has 6 nitrogen and oxygen atoms in total. The second-order valence-electron chi connectivity index (χ2n) is 5.60. The molecule has 0 aromatic heterocycles. The zero-order valence-corrected chi connectivity index (χ0v) is 15.0. The fourth-order valence-corrected chi connectivity index (χ4v) is 3.14. The van der Waals surface area contributed by atoms with Crippen LogP contribution in [0.4, 0.5) is 0 Å². The molecule has 0 aliphatic rings. The van der Waals surface area contributed by atoms with E-state index in [4.69, 9.17) is 4.74 Å². The Bertz CT molecular complexity index is 627. The van der Waals surface area contributed by atoms with Gasteiger partial charge in [-0.05, 0) is 38.5 Å². The summed E-state index contributed by atoms with van der Waals surface area (Å²) in [5, 5.41) is 2.74. The molecule has 130 valence electrons. The molecule has 1 aromatic rings. The first kappa shape index (κ1) is 19.4.